The van der Waals surface area contributed by atoms with E-state index in [4.69, 9.17) is 17.3 Å². The van der Waals surface area contributed by atoms with Crippen molar-refractivity contribution in [1.82, 2.24) is 14.7 Å². The van der Waals surface area contributed by atoms with Gasteiger partial charge in [-0.1, -0.05) is 11.6 Å². The molecule has 1 aromatic carbocycles. The number of likely N-dealkylation sites (N-methyl/N-ethyl adjacent to an activating group) is 1. The molecular formula is C14H17ClF2N4. The summed E-state index contributed by atoms with van der Waals surface area (Å²) in [6.07, 6.45) is 1.46. The lowest BCUT2D eigenvalue weighted by atomic mass is 10.0. The minimum absolute atomic E-state index is 0.0588. The quantitative estimate of drug-likeness (QED) is 0.922. The summed E-state index contributed by atoms with van der Waals surface area (Å²) in [7, 11) is 3.86. The van der Waals surface area contributed by atoms with Gasteiger partial charge in [-0.2, -0.15) is 5.10 Å². The Labute approximate surface area is 127 Å². The maximum Gasteiger partial charge on any atom is 0.128 e. The van der Waals surface area contributed by atoms with Crippen molar-refractivity contribution >= 4 is 11.6 Å². The smallest absolute Gasteiger partial charge is 0.128 e. The van der Waals surface area contributed by atoms with E-state index in [-0.39, 0.29) is 5.56 Å². The van der Waals surface area contributed by atoms with Crippen molar-refractivity contribution in [2.45, 2.75) is 12.6 Å². The molecule has 21 heavy (non-hydrogen) atoms. The first kappa shape index (κ1) is 15.9. The van der Waals surface area contributed by atoms with Crippen LogP contribution >= 0.6 is 11.6 Å². The second-order valence-electron chi connectivity index (χ2n) is 5.05. The van der Waals surface area contributed by atoms with E-state index in [1.54, 1.807) is 4.68 Å². The molecule has 1 heterocycles. The molecule has 0 aliphatic rings. The molecule has 0 amide bonds. The van der Waals surface area contributed by atoms with Crippen LogP contribution < -0.4 is 5.73 Å². The van der Waals surface area contributed by atoms with Crippen LogP contribution in [0.5, 0.6) is 0 Å². The average Bonchev–Trinajstić information content (AvgIpc) is 2.79. The summed E-state index contributed by atoms with van der Waals surface area (Å²) in [5.41, 5.74) is 6.61. The predicted molar refractivity (Wildman–Crippen MR) is 78.2 cm³/mol. The molecule has 1 unspecified atom stereocenters. The average molecular weight is 315 g/mol. The van der Waals surface area contributed by atoms with E-state index in [2.05, 4.69) is 5.10 Å². The van der Waals surface area contributed by atoms with Gasteiger partial charge in [-0.25, -0.2) is 8.78 Å². The maximum absolute atomic E-state index is 13.9. The Morgan fingerprint density at radius 1 is 1.38 bits per heavy atom. The molecule has 2 N–H and O–H groups in total. The zero-order chi connectivity index (χ0) is 15.6. The van der Waals surface area contributed by atoms with Crippen LogP contribution in [0.1, 0.15) is 17.3 Å². The van der Waals surface area contributed by atoms with Gasteiger partial charge >= 0.3 is 0 Å². The van der Waals surface area contributed by atoms with Crippen LogP contribution in [0, 0.1) is 11.6 Å². The maximum atomic E-state index is 13.9. The molecule has 114 valence electrons. The minimum atomic E-state index is -0.877. The van der Waals surface area contributed by atoms with Crippen molar-refractivity contribution in [2.24, 2.45) is 5.73 Å². The third-order valence-electron chi connectivity index (χ3n) is 3.18. The van der Waals surface area contributed by atoms with E-state index in [1.165, 1.54) is 6.20 Å². The first-order valence-electron chi connectivity index (χ1n) is 6.46. The fourth-order valence-electron chi connectivity index (χ4n) is 2.05. The van der Waals surface area contributed by atoms with Crippen LogP contribution in [0.4, 0.5) is 8.78 Å². The molecule has 1 aromatic heterocycles. The van der Waals surface area contributed by atoms with Crippen LogP contribution in [0.15, 0.2) is 24.4 Å². The number of hydrogen-bond acceptors (Lipinski definition) is 3. The Kier molecular flexibility index (Phi) is 4.92. The number of hydrogen-bond donors (Lipinski definition) is 1. The van der Waals surface area contributed by atoms with Crippen molar-refractivity contribution < 1.29 is 8.78 Å². The number of aromatic nitrogens is 2. The van der Waals surface area contributed by atoms with E-state index in [0.29, 0.717) is 17.3 Å². The highest BCUT2D eigenvalue weighted by atomic mass is 35.5. The Morgan fingerprint density at radius 3 is 2.76 bits per heavy atom. The fourth-order valence-corrected chi connectivity index (χ4v) is 2.31. The summed E-state index contributed by atoms with van der Waals surface area (Å²) in [6.45, 7) is 1.28. The molecule has 0 radical (unpaired) electrons. The molecule has 0 saturated carbocycles. The first-order valence-corrected chi connectivity index (χ1v) is 6.84. The third-order valence-corrected chi connectivity index (χ3v) is 3.47. The highest BCUT2D eigenvalue weighted by Gasteiger charge is 2.22. The summed E-state index contributed by atoms with van der Waals surface area (Å²) >= 11 is 6.10. The van der Waals surface area contributed by atoms with Gasteiger partial charge in [0.2, 0.25) is 0 Å². The van der Waals surface area contributed by atoms with Gasteiger partial charge in [0.25, 0.3) is 0 Å². The van der Waals surface area contributed by atoms with E-state index in [0.717, 1.165) is 24.7 Å². The summed E-state index contributed by atoms with van der Waals surface area (Å²) in [6, 6.07) is 2.31. The number of rotatable bonds is 5. The number of nitrogens with zero attached hydrogens (tertiary/aromatic N) is 3. The van der Waals surface area contributed by atoms with Crippen LogP contribution in [0.3, 0.4) is 0 Å². The molecule has 2 rings (SSSR count). The van der Waals surface area contributed by atoms with E-state index >= 15 is 0 Å². The SMILES string of the molecule is CN(C)CCn1ncc(Cl)c1C(N)c1cc(F)ccc1F. The molecule has 0 saturated heterocycles. The molecule has 0 aliphatic carbocycles. The molecule has 0 aliphatic heterocycles. The van der Waals surface area contributed by atoms with Crippen LogP contribution in [0.2, 0.25) is 5.02 Å². The molecule has 2 aromatic rings. The van der Waals surface area contributed by atoms with Gasteiger partial charge in [0, 0.05) is 12.1 Å². The fraction of sp³-hybridized carbons (Fsp3) is 0.357. The van der Waals surface area contributed by atoms with Crippen molar-refractivity contribution in [3.63, 3.8) is 0 Å². The van der Waals surface area contributed by atoms with E-state index in [9.17, 15) is 8.78 Å². The standard InChI is InChI=1S/C14H17ClF2N4/c1-20(2)5-6-21-14(11(15)8-19-21)13(18)10-7-9(16)3-4-12(10)17/h3-4,7-8,13H,5-6,18H2,1-2H3. The Morgan fingerprint density at radius 2 is 2.10 bits per heavy atom. The zero-order valence-electron chi connectivity index (χ0n) is 11.9. The van der Waals surface area contributed by atoms with Gasteiger partial charge in [-0.15, -0.1) is 0 Å². The second-order valence-corrected chi connectivity index (χ2v) is 5.45. The molecule has 0 bridgehead atoms. The van der Waals surface area contributed by atoms with Crippen molar-refractivity contribution in [3.8, 4) is 0 Å². The predicted octanol–water partition coefficient (Wildman–Crippen LogP) is 2.42. The summed E-state index contributed by atoms with van der Waals surface area (Å²) < 4.78 is 28.8. The van der Waals surface area contributed by atoms with Gasteiger partial charge in [0.15, 0.2) is 0 Å². The molecule has 4 nitrogen and oxygen atoms in total. The Balaban J connectivity index is 2.36. The summed E-state index contributed by atoms with van der Waals surface area (Å²) in [5, 5.41) is 4.49. The highest BCUT2D eigenvalue weighted by molar-refractivity contribution is 6.31. The van der Waals surface area contributed by atoms with Crippen molar-refractivity contribution in [3.05, 3.63) is 52.3 Å². The molecule has 0 spiro atoms. The van der Waals surface area contributed by atoms with Gasteiger partial charge in [0.05, 0.1) is 29.5 Å². The molecule has 0 fully saturated rings. The van der Waals surface area contributed by atoms with Gasteiger partial charge in [0.1, 0.15) is 11.6 Å². The van der Waals surface area contributed by atoms with Gasteiger partial charge < -0.3 is 10.6 Å². The van der Waals surface area contributed by atoms with E-state index in [1.807, 2.05) is 19.0 Å². The topological polar surface area (TPSA) is 47.1 Å². The summed E-state index contributed by atoms with van der Waals surface area (Å²) in [4.78, 5) is 1.98. The first-order chi connectivity index (χ1) is 9.90. The lowest BCUT2D eigenvalue weighted by Crippen LogP contribution is -2.24. The van der Waals surface area contributed by atoms with Crippen molar-refractivity contribution in [2.75, 3.05) is 20.6 Å². The molecular weight excluding hydrogens is 298 g/mol. The van der Waals surface area contributed by atoms with E-state index < -0.39 is 17.7 Å². The van der Waals surface area contributed by atoms with Gasteiger partial charge in [-0.3, -0.25) is 4.68 Å². The van der Waals surface area contributed by atoms with Crippen LogP contribution in [-0.2, 0) is 6.54 Å². The van der Waals surface area contributed by atoms with Crippen LogP contribution in [0.25, 0.3) is 0 Å². The Bertz CT molecular complexity index is 627. The largest absolute Gasteiger partial charge is 0.319 e. The molecule has 7 heteroatoms. The number of nitrogens with two attached hydrogens (primary N) is 1. The van der Waals surface area contributed by atoms with Crippen molar-refractivity contribution in [1.29, 1.82) is 0 Å². The lowest BCUT2D eigenvalue weighted by Gasteiger charge is -2.17. The second kappa shape index (κ2) is 6.51. The van der Waals surface area contributed by atoms with Crippen LogP contribution in [-0.4, -0.2) is 35.3 Å². The lowest BCUT2D eigenvalue weighted by molar-refractivity contribution is 0.367. The summed E-state index contributed by atoms with van der Waals surface area (Å²) in [5.74, 6) is -1.11. The third kappa shape index (κ3) is 3.58. The highest BCUT2D eigenvalue weighted by Crippen LogP contribution is 2.28. The zero-order valence-corrected chi connectivity index (χ0v) is 12.6. The molecule has 1 atom stereocenters. The van der Waals surface area contributed by atoms with Gasteiger partial charge in [-0.05, 0) is 32.3 Å². The number of halogens is 3. The monoisotopic (exact) mass is 314 g/mol. The Hall–Kier alpha value is -1.50. The minimum Gasteiger partial charge on any atom is -0.319 e. The normalized spacial score (nSPS) is 12.9. The number of benzene rings is 1.